The molecular weight excluding hydrogens is 274 g/mol. The van der Waals surface area contributed by atoms with Crippen LogP contribution in [0.25, 0.3) is 0 Å². The van der Waals surface area contributed by atoms with Gasteiger partial charge in [-0.3, -0.25) is 4.99 Å². The van der Waals surface area contributed by atoms with E-state index in [1.807, 2.05) is 12.3 Å². The van der Waals surface area contributed by atoms with Crippen LogP contribution in [0, 0.1) is 0 Å². The lowest BCUT2D eigenvalue weighted by Crippen LogP contribution is -2.44. The van der Waals surface area contributed by atoms with Gasteiger partial charge in [0.25, 0.3) is 0 Å². The topological polar surface area (TPSA) is 38.7 Å². The second-order valence-corrected chi connectivity index (χ2v) is 5.86. The number of rotatable bonds is 1. The Morgan fingerprint density at radius 3 is 2.80 bits per heavy atom. The first kappa shape index (κ1) is 15.0. The van der Waals surface area contributed by atoms with Crippen LogP contribution in [-0.4, -0.2) is 24.3 Å². The maximum Gasteiger partial charge on any atom is 0.338 e. The monoisotopic (exact) mass is 293 g/mol. The third-order valence-electron chi connectivity index (χ3n) is 4.13. The van der Waals surface area contributed by atoms with Crippen LogP contribution >= 0.6 is 12.4 Å². The van der Waals surface area contributed by atoms with Crippen LogP contribution < -0.4 is 0 Å². The zero-order chi connectivity index (χ0) is 13.5. The lowest BCUT2D eigenvalue weighted by molar-refractivity contribution is -0.0253. The van der Waals surface area contributed by atoms with Crippen molar-refractivity contribution in [3.8, 4) is 0 Å². The van der Waals surface area contributed by atoms with Crippen LogP contribution in [-0.2, 0) is 11.2 Å². The molecule has 2 aliphatic rings. The van der Waals surface area contributed by atoms with E-state index >= 15 is 0 Å². The highest BCUT2D eigenvalue weighted by Crippen LogP contribution is 2.35. The van der Waals surface area contributed by atoms with E-state index in [0.29, 0.717) is 5.92 Å². The van der Waals surface area contributed by atoms with Gasteiger partial charge >= 0.3 is 5.97 Å². The number of hydrogen-bond acceptors (Lipinski definition) is 3. The third-order valence-corrected chi connectivity index (χ3v) is 4.13. The van der Waals surface area contributed by atoms with Crippen LogP contribution in [0.4, 0.5) is 0 Å². The maximum absolute atomic E-state index is 12.3. The molecular formula is C16H20ClNO2. The van der Waals surface area contributed by atoms with Crippen LogP contribution in [0.2, 0.25) is 0 Å². The summed E-state index contributed by atoms with van der Waals surface area (Å²) in [4.78, 5) is 16.5. The predicted octanol–water partition coefficient (Wildman–Crippen LogP) is 3.55. The van der Waals surface area contributed by atoms with Crippen molar-refractivity contribution in [3.63, 3.8) is 0 Å². The summed E-state index contributed by atoms with van der Waals surface area (Å²) in [5, 5.41) is 0. The Morgan fingerprint density at radius 1 is 1.35 bits per heavy atom. The maximum atomic E-state index is 12.3. The van der Waals surface area contributed by atoms with Crippen molar-refractivity contribution in [2.24, 2.45) is 4.99 Å². The Hall–Kier alpha value is -1.35. The number of carbonyl (C=O) groups is 1. The summed E-state index contributed by atoms with van der Waals surface area (Å²) in [6.07, 6.45) is 4.29. The highest BCUT2D eigenvalue weighted by Gasteiger charge is 2.40. The second kappa shape index (κ2) is 5.57. The number of ether oxygens (including phenoxy) is 1. The Bertz CT molecular complexity index is 553. The first-order valence-electron chi connectivity index (χ1n) is 6.94. The van der Waals surface area contributed by atoms with Gasteiger partial charge in [0.2, 0.25) is 0 Å². The van der Waals surface area contributed by atoms with Crippen molar-refractivity contribution in [1.82, 2.24) is 0 Å². The molecule has 1 atom stereocenters. The van der Waals surface area contributed by atoms with E-state index < -0.39 is 0 Å². The molecule has 0 bridgehead atoms. The minimum atomic E-state index is -0.342. The Morgan fingerprint density at radius 2 is 2.15 bits per heavy atom. The lowest BCUT2D eigenvalue weighted by atomic mass is 9.82. The van der Waals surface area contributed by atoms with Gasteiger partial charge in [-0.2, -0.15) is 0 Å². The van der Waals surface area contributed by atoms with Crippen molar-refractivity contribution in [3.05, 3.63) is 34.9 Å². The highest BCUT2D eigenvalue weighted by molar-refractivity contribution is 5.93. The molecule has 2 heterocycles. The number of aliphatic imine (C=N–C) groups is 1. The summed E-state index contributed by atoms with van der Waals surface area (Å²) in [5.41, 5.74) is 2.72. The molecule has 0 fully saturated rings. The molecule has 0 aromatic heterocycles. The van der Waals surface area contributed by atoms with Crippen molar-refractivity contribution < 1.29 is 9.53 Å². The number of carbonyl (C=O) groups excluding carboxylic acids is 1. The van der Waals surface area contributed by atoms with Gasteiger partial charge in [0.15, 0.2) is 0 Å². The molecule has 1 spiro atoms. The molecule has 0 amide bonds. The Balaban J connectivity index is 0.00000147. The number of esters is 1. The number of hydrogen-bond donors (Lipinski definition) is 0. The minimum Gasteiger partial charge on any atom is -0.455 e. The van der Waals surface area contributed by atoms with Crippen molar-refractivity contribution in [1.29, 1.82) is 0 Å². The third kappa shape index (κ3) is 2.59. The fraction of sp³-hybridized carbons (Fsp3) is 0.500. The van der Waals surface area contributed by atoms with E-state index in [-0.39, 0.29) is 24.0 Å². The molecule has 0 N–H and O–H groups in total. The van der Waals surface area contributed by atoms with Gasteiger partial charge in [0.05, 0.1) is 5.56 Å². The van der Waals surface area contributed by atoms with Crippen LogP contribution in [0.15, 0.2) is 23.2 Å². The van der Waals surface area contributed by atoms with E-state index in [0.717, 1.165) is 36.9 Å². The van der Waals surface area contributed by atoms with Gasteiger partial charge in [0.1, 0.15) is 5.60 Å². The van der Waals surface area contributed by atoms with Crippen molar-refractivity contribution >= 4 is 24.6 Å². The molecule has 108 valence electrons. The van der Waals surface area contributed by atoms with Gasteiger partial charge < -0.3 is 4.74 Å². The standard InChI is InChI=1S/C16H19NO2.ClH/c1-11(2)12-3-4-13-10-16(5-7-17-8-6-16)19-15(18)14(13)9-12;/h3-4,7,9,11H,5-6,8,10H2,1-2H3;1H. The second-order valence-electron chi connectivity index (χ2n) is 5.86. The Labute approximate surface area is 125 Å². The number of benzene rings is 1. The van der Waals surface area contributed by atoms with Crippen molar-refractivity contribution in [2.45, 2.75) is 44.6 Å². The fourth-order valence-corrected chi connectivity index (χ4v) is 2.88. The molecule has 3 rings (SSSR count). The molecule has 1 aromatic rings. The number of nitrogens with zero attached hydrogens (tertiary/aromatic N) is 1. The average molecular weight is 294 g/mol. The molecule has 1 aromatic carbocycles. The summed E-state index contributed by atoms with van der Waals surface area (Å²) in [6.45, 7) is 5.02. The molecule has 20 heavy (non-hydrogen) atoms. The molecule has 2 aliphatic heterocycles. The van der Waals surface area contributed by atoms with E-state index in [1.54, 1.807) is 0 Å². The van der Waals surface area contributed by atoms with Crippen LogP contribution in [0.1, 0.15) is 54.1 Å². The summed E-state index contributed by atoms with van der Waals surface area (Å²) in [6, 6.07) is 6.22. The lowest BCUT2D eigenvalue weighted by Gasteiger charge is -2.38. The highest BCUT2D eigenvalue weighted by atomic mass is 35.5. The van der Waals surface area contributed by atoms with Crippen LogP contribution in [0.3, 0.4) is 0 Å². The first-order valence-corrected chi connectivity index (χ1v) is 6.94. The number of fused-ring (bicyclic) bond motifs is 1. The van der Waals surface area contributed by atoms with Gasteiger partial charge in [0, 0.05) is 32.0 Å². The summed E-state index contributed by atoms with van der Waals surface area (Å²) < 4.78 is 5.75. The van der Waals surface area contributed by atoms with Gasteiger partial charge in [-0.05, 0) is 23.1 Å². The first-order chi connectivity index (χ1) is 9.10. The van der Waals surface area contributed by atoms with Gasteiger partial charge in [-0.25, -0.2) is 4.79 Å². The van der Waals surface area contributed by atoms with Crippen molar-refractivity contribution in [2.75, 3.05) is 6.54 Å². The number of halogens is 1. The van der Waals surface area contributed by atoms with E-state index in [1.165, 1.54) is 5.56 Å². The van der Waals surface area contributed by atoms with E-state index in [2.05, 4.69) is 31.0 Å². The zero-order valence-corrected chi connectivity index (χ0v) is 12.7. The van der Waals surface area contributed by atoms with Gasteiger partial charge in [-0.1, -0.05) is 26.0 Å². The SMILES string of the molecule is CC(C)c1ccc2c(c1)C(=O)OC1(CC=NCC1)C2.Cl. The van der Waals surface area contributed by atoms with Crippen LogP contribution in [0.5, 0.6) is 0 Å². The minimum absolute atomic E-state index is 0. The largest absolute Gasteiger partial charge is 0.455 e. The summed E-state index contributed by atoms with van der Waals surface area (Å²) >= 11 is 0. The van der Waals surface area contributed by atoms with E-state index in [9.17, 15) is 4.79 Å². The zero-order valence-electron chi connectivity index (χ0n) is 11.9. The molecule has 4 heteroatoms. The summed E-state index contributed by atoms with van der Waals surface area (Å²) in [5.74, 6) is 0.259. The molecule has 0 radical (unpaired) electrons. The van der Waals surface area contributed by atoms with E-state index in [4.69, 9.17) is 4.74 Å². The molecule has 1 unspecified atom stereocenters. The molecule has 0 saturated carbocycles. The van der Waals surface area contributed by atoms with Gasteiger partial charge in [-0.15, -0.1) is 12.4 Å². The Kier molecular flexibility index (Phi) is 4.19. The average Bonchev–Trinajstić information content (AvgIpc) is 2.39. The molecule has 3 nitrogen and oxygen atoms in total. The normalized spacial score (nSPS) is 24.2. The molecule has 0 aliphatic carbocycles. The smallest absolute Gasteiger partial charge is 0.338 e. The summed E-state index contributed by atoms with van der Waals surface area (Å²) in [7, 11) is 0. The predicted molar refractivity (Wildman–Crippen MR) is 82.2 cm³/mol. The molecule has 0 saturated heterocycles. The fourth-order valence-electron chi connectivity index (χ4n) is 2.88. The quantitative estimate of drug-likeness (QED) is 0.743.